The number of carboxylic acids is 1. The van der Waals surface area contributed by atoms with E-state index in [1.807, 2.05) is 26.0 Å². The first-order chi connectivity index (χ1) is 8.95. The molecule has 1 heterocycles. The number of anilines is 1. The van der Waals surface area contributed by atoms with Crippen molar-refractivity contribution in [3.8, 4) is 0 Å². The predicted octanol–water partition coefficient (Wildman–Crippen LogP) is 1.72. The van der Waals surface area contributed by atoms with Crippen LogP contribution in [0.25, 0.3) is 0 Å². The Labute approximate surface area is 111 Å². The summed E-state index contributed by atoms with van der Waals surface area (Å²) in [5, 5.41) is 11.8. The maximum Gasteiger partial charge on any atom is 0.335 e. The molecule has 1 aromatic carbocycles. The van der Waals surface area contributed by atoms with Crippen LogP contribution in [-0.2, 0) is 9.63 Å². The molecule has 0 aliphatic carbocycles. The normalized spacial score (nSPS) is 15.9. The summed E-state index contributed by atoms with van der Waals surface area (Å²) in [6.07, 6.45) is 2.47. The van der Waals surface area contributed by atoms with E-state index in [0.717, 1.165) is 16.8 Å². The first-order valence-corrected chi connectivity index (χ1v) is 5.96. The molecular weight excluding hydrogens is 246 g/mol. The van der Waals surface area contributed by atoms with Crippen LogP contribution in [0, 0.1) is 13.8 Å². The number of nitrogens with one attached hydrogen (secondary N) is 1. The number of hydroxylamine groups is 1. The van der Waals surface area contributed by atoms with E-state index >= 15 is 0 Å². The van der Waals surface area contributed by atoms with Gasteiger partial charge in [0.2, 0.25) is 0 Å². The minimum atomic E-state index is -1.01. The number of hydrazine groups is 2. The minimum Gasteiger partial charge on any atom is -0.479 e. The van der Waals surface area contributed by atoms with Gasteiger partial charge in [-0.05, 0) is 44.0 Å². The predicted molar refractivity (Wildman–Crippen MR) is 70.7 cm³/mol. The molecule has 0 fully saturated rings. The van der Waals surface area contributed by atoms with Crippen molar-refractivity contribution >= 4 is 11.7 Å². The van der Waals surface area contributed by atoms with Crippen molar-refractivity contribution in [2.75, 3.05) is 5.01 Å². The molecule has 1 unspecified atom stereocenters. The maximum absolute atomic E-state index is 10.7. The molecule has 0 saturated heterocycles. The van der Waals surface area contributed by atoms with Gasteiger partial charge in [-0.3, -0.25) is 5.01 Å². The molecule has 0 spiro atoms. The van der Waals surface area contributed by atoms with Crippen LogP contribution in [-0.4, -0.2) is 22.4 Å². The van der Waals surface area contributed by atoms with E-state index in [0.29, 0.717) is 0 Å². The van der Waals surface area contributed by atoms with Crippen LogP contribution in [0.1, 0.15) is 18.1 Å². The number of nitrogens with zero attached hydrogens (tertiary/aromatic N) is 2. The second-order valence-electron chi connectivity index (χ2n) is 4.53. The molecule has 2 N–H and O–H groups in total. The molecule has 1 aliphatic rings. The van der Waals surface area contributed by atoms with E-state index in [-0.39, 0.29) is 0 Å². The lowest BCUT2D eigenvalue weighted by Crippen LogP contribution is -2.42. The van der Waals surface area contributed by atoms with Gasteiger partial charge in [0.15, 0.2) is 6.10 Å². The molecule has 0 aromatic heterocycles. The molecule has 102 valence electrons. The molecule has 1 aromatic rings. The van der Waals surface area contributed by atoms with E-state index in [2.05, 4.69) is 11.6 Å². The molecule has 0 bridgehead atoms. The van der Waals surface area contributed by atoms with Crippen molar-refractivity contribution < 1.29 is 14.7 Å². The molecular formula is C13H17N3O3. The number of benzene rings is 1. The van der Waals surface area contributed by atoms with Crippen LogP contribution in [0.2, 0.25) is 0 Å². The lowest BCUT2D eigenvalue weighted by molar-refractivity contribution is -0.201. The summed E-state index contributed by atoms with van der Waals surface area (Å²) in [7, 11) is 0. The zero-order chi connectivity index (χ0) is 14.0. The van der Waals surface area contributed by atoms with Gasteiger partial charge in [-0.15, -0.1) is 5.53 Å². The fourth-order valence-electron chi connectivity index (χ4n) is 1.81. The summed E-state index contributed by atoms with van der Waals surface area (Å²) in [5.74, 6) is -1.01. The Kier molecular flexibility index (Phi) is 3.73. The van der Waals surface area contributed by atoms with Crippen LogP contribution in [0.4, 0.5) is 5.69 Å². The van der Waals surface area contributed by atoms with E-state index in [9.17, 15) is 4.79 Å². The largest absolute Gasteiger partial charge is 0.479 e. The number of hydrogen-bond acceptors (Lipinski definition) is 5. The number of rotatable bonds is 4. The van der Waals surface area contributed by atoms with Gasteiger partial charge in [0.05, 0.1) is 11.9 Å². The van der Waals surface area contributed by atoms with E-state index < -0.39 is 12.1 Å². The van der Waals surface area contributed by atoms with Gasteiger partial charge in [0.1, 0.15) is 0 Å². The summed E-state index contributed by atoms with van der Waals surface area (Å²) < 4.78 is 0. The van der Waals surface area contributed by atoms with Crippen LogP contribution < -0.4 is 10.5 Å². The molecule has 1 atom stereocenters. The highest BCUT2D eigenvalue weighted by molar-refractivity contribution is 5.71. The van der Waals surface area contributed by atoms with E-state index in [1.54, 1.807) is 17.4 Å². The van der Waals surface area contributed by atoms with Gasteiger partial charge < -0.3 is 5.11 Å². The Bertz CT molecular complexity index is 496. The fraction of sp³-hybridized carbons (Fsp3) is 0.308. The van der Waals surface area contributed by atoms with Crippen molar-refractivity contribution in [1.82, 2.24) is 10.7 Å². The number of carbonyl (C=O) groups is 1. The van der Waals surface area contributed by atoms with Crippen molar-refractivity contribution in [1.29, 1.82) is 0 Å². The third-order valence-electron chi connectivity index (χ3n) is 2.66. The Balaban J connectivity index is 2.02. The summed E-state index contributed by atoms with van der Waals surface area (Å²) in [5.41, 5.74) is 6.19. The number of aliphatic carboxylic acids is 1. The first kappa shape index (κ1) is 13.4. The van der Waals surface area contributed by atoms with Gasteiger partial charge in [-0.1, -0.05) is 6.07 Å². The van der Waals surface area contributed by atoms with Gasteiger partial charge >= 0.3 is 5.97 Å². The zero-order valence-corrected chi connectivity index (χ0v) is 11.1. The summed E-state index contributed by atoms with van der Waals surface area (Å²) in [6, 6.07) is 6.13. The smallest absolute Gasteiger partial charge is 0.335 e. The quantitative estimate of drug-likeness (QED) is 0.862. The maximum atomic E-state index is 10.7. The van der Waals surface area contributed by atoms with Crippen LogP contribution in [0.5, 0.6) is 0 Å². The molecule has 6 nitrogen and oxygen atoms in total. The van der Waals surface area contributed by atoms with Crippen molar-refractivity contribution in [3.63, 3.8) is 0 Å². The second kappa shape index (κ2) is 5.29. The Hall–Kier alpha value is -2.05. The van der Waals surface area contributed by atoms with Gasteiger partial charge in [0.25, 0.3) is 0 Å². The SMILES string of the molecule is Cc1cc(C)cc(N2C=CN(OC(C)C(=O)O)N2)c1. The molecule has 2 rings (SSSR count). The standard InChI is InChI=1S/C13H17N3O3/c1-9-6-10(2)8-12(7-9)15-4-5-16(14-15)19-11(3)13(17)18/h4-8,11,14H,1-3H3,(H,17,18). The fourth-order valence-corrected chi connectivity index (χ4v) is 1.81. The Morgan fingerprint density at radius 3 is 2.47 bits per heavy atom. The molecule has 1 aliphatic heterocycles. The highest BCUT2D eigenvalue weighted by Gasteiger charge is 2.20. The highest BCUT2D eigenvalue weighted by Crippen LogP contribution is 2.20. The van der Waals surface area contributed by atoms with Crippen molar-refractivity contribution in [3.05, 3.63) is 41.7 Å². The van der Waals surface area contributed by atoms with Gasteiger partial charge in [-0.25, -0.2) is 9.63 Å². The molecule has 0 radical (unpaired) electrons. The second-order valence-corrected chi connectivity index (χ2v) is 4.53. The number of carboxylic acid groups (broad SMARTS) is 1. The number of hydrogen-bond donors (Lipinski definition) is 2. The topological polar surface area (TPSA) is 65.0 Å². The van der Waals surface area contributed by atoms with E-state index in [1.165, 1.54) is 12.1 Å². The molecule has 0 saturated carbocycles. The lowest BCUT2D eigenvalue weighted by atomic mass is 10.1. The Morgan fingerprint density at radius 2 is 1.89 bits per heavy atom. The van der Waals surface area contributed by atoms with Crippen molar-refractivity contribution in [2.45, 2.75) is 26.9 Å². The summed E-state index contributed by atoms with van der Waals surface area (Å²) >= 11 is 0. The van der Waals surface area contributed by atoms with Gasteiger partial charge in [0, 0.05) is 6.20 Å². The monoisotopic (exact) mass is 263 g/mol. The van der Waals surface area contributed by atoms with E-state index in [4.69, 9.17) is 9.94 Å². The first-order valence-electron chi connectivity index (χ1n) is 5.96. The minimum absolute atomic E-state index is 0.920. The summed E-state index contributed by atoms with van der Waals surface area (Å²) in [6.45, 7) is 5.52. The third-order valence-corrected chi connectivity index (χ3v) is 2.66. The third kappa shape index (κ3) is 3.24. The molecule has 0 amide bonds. The average Bonchev–Trinajstić information content (AvgIpc) is 2.76. The number of aryl methyl sites for hydroxylation is 2. The van der Waals surface area contributed by atoms with Crippen LogP contribution >= 0.6 is 0 Å². The van der Waals surface area contributed by atoms with Crippen LogP contribution in [0.3, 0.4) is 0 Å². The molecule has 19 heavy (non-hydrogen) atoms. The molecule has 6 heteroatoms. The van der Waals surface area contributed by atoms with Gasteiger partial charge in [-0.2, -0.15) is 5.17 Å². The summed E-state index contributed by atoms with van der Waals surface area (Å²) in [4.78, 5) is 15.9. The average molecular weight is 263 g/mol. The zero-order valence-electron chi connectivity index (χ0n) is 11.1. The highest BCUT2D eigenvalue weighted by atomic mass is 16.7. The Morgan fingerprint density at radius 1 is 1.26 bits per heavy atom. The van der Waals surface area contributed by atoms with Crippen molar-refractivity contribution in [2.24, 2.45) is 0 Å². The van der Waals surface area contributed by atoms with Crippen LogP contribution in [0.15, 0.2) is 30.6 Å². The lowest BCUT2D eigenvalue weighted by Gasteiger charge is -2.23.